The summed E-state index contributed by atoms with van der Waals surface area (Å²) < 4.78 is 51.4. The van der Waals surface area contributed by atoms with E-state index in [0.29, 0.717) is 11.8 Å². The highest BCUT2D eigenvalue weighted by molar-refractivity contribution is 6.01. The zero-order valence-corrected chi connectivity index (χ0v) is 13.3. The molecule has 0 aliphatic carbocycles. The molecule has 4 nitrogen and oxygen atoms in total. The summed E-state index contributed by atoms with van der Waals surface area (Å²) in [6.45, 7) is -0.248. The van der Waals surface area contributed by atoms with Crippen molar-refractivity contribution in [2.45, 2.75) is 12.7 Å². The minimum absolute atomic E-state index is 0.0460. The molecule has 0 atom stereocenters. The number of alkyl halides is 3. The number of halogens is 4. The standard InChI is InChI=1S/C18H13F4N3O/c19-15-8-13(18(20,21)22)5-4-12(15)10-24-17(26)25-16-3-1-2-11-9-23-7-6-14(11)16/h1-9H,10H2,(H2,24,25,26). The molecule has 3 aromatic rings. The summed E-state index contributed by atoms with van der Waals surface area (Å²) in [5.74, 6) is -1.03. The Morgan fingerprint density at radius 2 is 1.92 bits per heavy atom. The second-order valence-corrected chi connectivity index (χ2v) is 5.51. The summed E-state index contributed by atoms with van der Waals surface area (Å²) in [6.07, 6.45) is -1.38. The normalized spacial score (nSPS) is 11.4. The van der Waals surface area contributed by atoms with Crippen molar-refractivity contribution >= 4 is 22.5 Å². The maximum Gasteiger partial charge on any atom is 0.416 e. The highest BCUT2D eigenvalue weighted by atomic mass is 19.4. The molecule has 0 radical (unpaired) electrons. The number of pyridine rings is 1. The number of carbonyl (C=O) groups is 1. The van der Waals surface area contributed by atoms with Crippen molar-refractivity contribution in [3.8, 4) is 0 Å². The summed E-state index contributed by atoms with van der Waals surface area (Å²) in [7, 11) is 0. The molecular weight excluding hydrogens is 350 g/mol. The van der Waals surface area contributed by atoms with Gasteiger partial charge in [0, 0.05) is 35.3 Å². The van der Waals surface area contributed by atoms with Gasteiger partial charge in [-0.05, 0) is 24.3 Å². The van der Waals surface area contributed by atoms with Gasteiger partial charge in [-0.3, -0.25) is 4.98 Å². The van der Waals surface area contributed by atoms with E-state index in [4.69, 9.17) is 0 Å². The first-order valence-electron chi connectivity index (χ1n) is 7.58. The predicted molar refractivity (Wildman–Crippen MR) is 89.0 cm³/mol. The molecule has 8 heteroatoms. The van der Waals surface area contributed by atoms with E-state index >= 15 is 0 Å². The molecule has 0 saturated carbocycles. The lowest BCUT2D eigenvalue weighted by atomic mass is 10.1. The molecule has 26 heavy (non-hydrogen) atoms. The summed E-state index contributed by atoms with van der Waals surface area (Å²) in [4.78, 5) is 16.0. The second-order valence-electron chi connectivity index (χ2n) is 5.51. The first-order valence-corrected chi connectivity index (χ1v) is 7.58. The predicted octanol–water partition coefficient (Wildman–Crippen LogP) is 4.71. The molecule has 0 aliphatic heterocycles. The number of hydrogen-bond donors (Lipinski definition) is 2. The van der Waals surface area contributed by atoms with Crippen LogP contribution >= 0.6 is 0 Å². The number of anilines is 1. The zero-order valence-electron chi connectivity index (χ0n) is 13.3. The van der Waals surface area contributed by atoms with Gasteiger partial charge in [-0.1, -0.05) is 18.2 Å². The molecule has 3 rings (SSSR count). The van der Waals surface area contributed by atoms with Crippen LogP contribution in [0.15, 0.2) is 54.9 Å². The van der Waals surface area contributed by atoms with Gasteiger partial charge in [0.15, 0.2) is 0 Å². The van der Waals surface area contributed by atoms with E-state index in [2.05, 4.69) is 15.6 Å². The molecule has 0 bridgehead atoms. The number of carbonyl (C=O) groups excluding carboxylic acids is 1. The van der Waals surface area contributed by atoms with Crippen molar-refractivity contribution in [3.63, 3.8) is 0 Å². The van der Waals surface area contributed by atoms with Gasteiger partial charge in [0.05, 0.1) is 11.3 Å². The Bertz CT molecular complexity index is 951. The third-order valence-electron chi connectivity index (χ3n) is 3.75. The minimum atomic E-state index is -4.62. The molecule has 0 fully saturated rings. The number of benzene rings is 2. The number of amides is 2. The van der Waals surface area contributed by atoms with Gasteiger partial charge in [0.2, 0.25) is 0 Å². The van der Waals surface area contributed by atoms with Gasteiger partial charge in [-0.15, -0.1) is 0 Å². The average Bonchev–Trinajstić information content (AvgIpc) is 2.60. The number of hydrogen-bond acceptors (Lipinski definition) is 2. The number of fused-ring (bicyclic) bond motifs is 1. The van der Waals surface area contributed by atoms with Crippen LogP contribution < -0.4 is 10.6 Å². The molecule has 134 valence electrons. The fraction of sp³-hybridized carbons (Fsp3) is 0.111. The SMILES string of the molecule is O=C(NCc1ccc(C(F)(F)F)cc1F)Nc1cccc2cnccc12. The highest BCUT2D eigenvalue weighted by Gasteiger charge is 2.31. The van der Waals surface area contributed by atoms with Crippen molar-refractivity contribution in [2.75, 3.05) is 5.32 Å². The van der Waals surface area contributed by atoms with E-state index < -0.39 is 23.6 Å². The minimum Gasteiger partial charge on any atom is -0.334 e. The molecular formula is C18H13F4N3O. The van der Waals surface area contributed by atoms with E-state index in [1.54, 1.807) is 30.6 Å². The van der Waals surface area contributed by atoms with Gasteiger partial charge in [0.1, 0.15) is 5.82 Å². The third kappa shape index (κ3) is 3.90. The molecule has 0 saturated heterocycles. The summed E-state index contributed by atoms with van der Waals surface area (Å²) in [5.41, 5.74) is -0.585. The molecule has 1 heterocycles. The molecule has 0 unspecified atom stereocenters. The summed E-state index contributed by atoms with van der Waals surface area (Å²) in [5, 5.41) is 6.66. The molecule has 2 aromatic carbocycles. The second kappa shape index (κ2) is 6.99. The van der Waals surface area contributed by atoms with Crippen molar-refractivity contribution in [2.24, 2.45) is 0 Å². The van der Waals surface area contributed by atoms with E-state index in [-0.39, 0.29) is 12.1 Å². The van der Waals surface area contributed by atoms with E-state index in [0.717, 1.165) is 22.9 Å². The largest absolute Gasteiger partial charge is 0.416 e. The van der Waals surface area contributed by atoms with Crippen LogP contribution in [0.5, 0.6) is 0 Å². The van der Waals surface area contributed by atoms with Gasteiger partial charge < -0.3 is 10.6 Å². The number of urea groups is 1. The Morgan fingerprint density at radius 1 is 1.12 bits per heavy atom. The van der Waals surface area contributed by atoms with Crippen LogP contribution in [0, 0.1) is 5.82 Å². The Hall–Kier alpha value is -3.16. The monoisotopic (exact) mass is 363 g/mol. The van der Waals surface area contributed by atoms with E-state index in [1.165, 1.54) is 0 Å². The van der Waals surface area contributed by atoms with Crippen molar-refractivity contribution in [1.29, 1.82) is 0 Å². The van der Waals surface area contributed by atoms with Crippen LogP contribution in [0.3, 0.4) is 0 Å². The van der Waals surface area contributed by atoms with Crippen LogP contribution in [0.1, 0.15) is 11.1 Å². The lowest BCUT2D eigenvalue weighted by Crippen LogP contribution is -2.28. The molecule has 2 amide bonds. The Morgan fingerprint density at radius 3 is 2.65 bits per heavy atom. The molecule has 0 aliphatic rings. The van der Waals surface area contributed by atoms with Crippen molar-refractivity contribution in [1.82, 2.24) is 10.3 Å². The third-order valence-corrected chi connectivity index (χ3v) is 3.75. The summed E-state index contributed by atoms with van der Waals surface area (Å²) in [6, 6.07) is 8.59. The first kappa shape index (κ1) is 17.7. The summed E-state index contributed by atoms with van der Waals surface area (Å²) >= 11 is 0. The van der Waals surface area contributed by atoms with Gasteiger partial charge in [0.25, 0.3) is 0 Å². The maximum atomic E-state index is 13.8. The van der Waals surface area contributed by atoms with Gasteiger partial charge in [-0.25, -0.2) is 9.18 Å². The van der Waals surface area contributed by atoms with E-state index in [1.807, 2.05) is 6.07 Å². The lowest BCUT2D eigenvalue weighted by molar-refractivity contribution is -0.137. The fourth-order valence-corrected chi connectivity index (χ4v) is 2.44. The van der Waals surface area contributed by atoms with Crippen molar-refractivity contribution < 1.29 is 22.4 Å². The Labute approximate surface area is 145 Å². The van der Waals surface area contributed by atoms with E-state index in [9.17, 15) is 22.4 Å². The topological polar surface area (TPSA) is 54.0 Å². The van der Waals surface area contributed by atoms with Crippen LogP contribution in [0.4, 0.5) is 28.0 Å². The number of nitrogens with zero attached hydrogens (tertiary/aromatic N) is 1. The first-order chi connectivity index (χ1) is 12.3. The smallest absolute Gasteiger partial charge is 0.334 e. The average molecular weight is 363 g/mol. The molecule has 1 aromatic heterocycles. The zero-order chi connectivity index (χ0) is 18.7. The number of rotatable bonds is 3. The Kier molecular flexibility index (Phi) is 4.75. The fourth-order valence-electron chi connectivity index (χ4n) is 2.44. The molecule has 2 N–H and O–H groups in total. The van der Waals surface area contributed by atoms with Gasteiger partial charge in [-0.2, -0.15) is 13.2 Å². The van der Waals surface area contributed by atoms with Crippen LogP contribution in [0.2, 0.25) is 0 Å². The Balaban J connectivity index is 1.68. The van der Waals surface area contributed by atoms with Crippen molar-refractivity contribution in [3.05, 3.63) is 71.8 Å². The highest BCUT2D eigenvalue weighted by Crippen LogP contribution is 2.30. The number of aromatic nitrogens is 1. The lowest BCUT2D eigenvalue weighted by Gasteiger charge is -2.12. The van der Waals surface area contributed by atoms with Crippen LogP contribution in [-0.2, 0) is 12.7 Å². The molecule has 0 spiro atoms. The van der Waals surface area contributed by atoms with Gasteiger partial charge >= 0.3 is 12.2 Å². The maximum absolute atomic E-state index is 13.8. The van der Waals surface area contributed by atoms with Crippen LogP contribution in [0.25, 0.3) is 10.8 Å². The van der Waals surface area contributed by atoms with Crippen LogP contribution in [-0.4, -0.2) is 11.0 Å². The number of nitrogens with one attached hydrogen (secondary N) is 2. The quantitative estimate of drug-likeness (QED) is 0.662.